The number of ether oxygens (including phenoxy) is 1. The van der Waals surface area contributed by atoms with Crippen LogP contribution in [0.1, 0.15) is 26.3 Å². The molecule has 1 aromatic carbocycles. The van der Waals surface area contributed by atoms with Crippen molar-refractivity contribution in [2.24, 2.45) is 0 Å². The molecule has 0 atom stereocenters. The smallest absolute Gasteiger partial charge is 0.193 e. The first kappa shape index (κ1) is 11.0. The second-order valence-electron chi connectivity index (χ2n) is 5.10. The summed E-state index contributed by atoms with van der Waals surface area (Å²) in [5.41, 5.74) is 1.34. The predicted molar refractivity (Wildman–Crippen MR) is 63.3 cm³/mol. The maximum atomic E-state index is 13.9. The van der Waals surface area contributed by atoms with Crippen LogP contribution in [0.15, 0.2) is 24.6 Å². The van der Waals surface area contributed by atoms with E-state index in [1.54, 1.807) is 0 Å². The van der Waals surface area contributed by atoms with Gasteiger partial charge in [0.05, 0.1) is 5.69 Å². The van der Waals surface area contributed by atoms with E-state index in [2.05, 4.69) is 6.58 Å². The molecule has 1 aromatic rings. The molecule has 0 spiro atoms. The van der Waals surface area contributed by atoms with Gasteiger partial charge >= 0.3 is 0 Å². The highest BCUT2D eigenvalue weighted by Gasteiger charge is 2.27. The summed E-state index contributed by atoms with van der Waals surface area (Å²) >= 11 is 0. The lowest BCUT2D eigenvalue weighted by molar-refractivity contribution is 0.441. The molecule has 0 bridgehead atoms. The van der Waals surface area contributed by atoms with Gasteiger partial charge in [0, 0.05) is 13.1 Å². The normalized spacial score (nSPS) is 15.1. The van der Waals surface area contributed by atoms with Gasteiger partial charge in [-0.3, -0.25) is 0 Å². The summed E-state index contributed by atoms with van der Waals surface area (Å²) in [6.45, 7) is 9.72. The average molecular weight is 221 g/mol. The van der Waals surface area contributed by atoms with E-state index in [0.717, 1.165) is 5.69 Å². The second-order valence-corrected chi connectivity index (χ2v) is 5.10. The third-order valence-electron chi connectivity index (χ3n) is 2.82. The van der Waals surface area contributed by atoms with Crippen LogP contribution in [0.5, 0.6) is 5.75 Å². The maximum Gasteiger partial charge on any atom is 0.193 e. The van der Waals surface area contributed by atoms with E-state index < -0.39 is 0 Å². The van der Waals surface area contributed by atoms with Crippen molar-refractivity contribution in [3.8, 4) is 5.75 Å². The number of anilines is 1. The van der Waals surface area contributed by atoms with Crippen molar-refractivity contribution in [3.05, 3.63) is 36.0 Å². The Balaban J connectivity index is 2.59. The third kappa shape index (κ3) is 1.56. The third-order valence-corrected chi connectivity index (χ3v) is 2.82. The van der Waals surface area contributed by atoms with Gasteiger partial charge in [0.1, 0.15) is 5.82 Å². The molecule has 0 aliphatic carbocycles. The molecule has 1 aliphatic heterocycles. The van der Waals surface area contributed by atoms with Crippen molar-refractivity contribution < 1.29 is 9.13 Å². The summed E-state index contributed by atoms with van der Waals surface area (Å²) in [6, 6.07) is 3.27. The first-order valence-corrected chi connectivity index (χ1v) is 5.25. The van der Waals surface area contributed by atoms with E-state index in [0.29, 0.717) is 17.2 Å². The minimum absolute atomic E-state index is 0.218. The highest BCUT2D eigenvalue weighted by molar-refractivity contribution is 5.67. The van der Waals surface area contributed by atoms with Crippen LogP contribution in [0.2, 0.25) is 0 Å². The first-order chi connectivity index (χ1) is 7.30. The molecule has 1 heterocycles. The molecule has 86 valence electrons. The van der Waals surface area contributed by atoms with Gasteiger partial charge < -0.3 is 9.64 Å². The molecule has 0 fully saturated rings. The van der Waals surface area contributed by atoms with Gasteiger partial charge in [-0.1, -0.05) is 20.8 Å². The summed E-state index contributed by atoms with van der Waals surface area (Å²) in [6.07, 6.45) is 0. The van der Waals surface area contributed by atoms with Crippen LogP contribution in [-0.2, 0) is 5.41 Å². The number of nitrogens with zero attached hydrogens (tertiary/aromatic N) is 1. The van der Waals surface area contributed by atoms with E-state index in [9.17, 15) is 4.39 Å². The van der Waals surface area contributed by atoms with Gasteiger partial charge in [-0.25, -0.2) is 4.39 Å². The molecule has 0 N–H and O–H groups in total. The Bertz CT molecular complexity index is 460. The van der Waals surface area contributed by atoms with E-state index in [1.165, 1.54) is 6.07 Å². The second kappa shape index (κ2) is 3.24. The molecule has 1 aliphatic rings. The lowest BCUT2D eigenvalue weighted by atomic mass is 9.86. The van der Waals surface area contributed by atoms with E-state index >= 15 is 0 Å². The standard InChI is InChI=1S/C13H16FNO/c1-8-15(5)11-6-9(13(2,3)4)10(14)7-12(11)16-8/h6-7H,1H2,2-5H3. The fourth-order valence-corrected chi connectivity index (χ4v) is 1.79. The van der Waals surface area contributed by atoms with E-state index in [-0.39, 0.29) is 11.2 Å². The zero-order valence-electron chi connectivity index (χ0n) is 10.1. The van der Waals surface area contributed by atoms with E-state index in [4.69, 9.17) is 4.74 Å². The van der Waals surface area contributed by atoms with Crippen LogP contribution in [0.3, 0.4) is 0 Å². The van der Waals surface area contributed by atoms with Crippen molar-refractivity contribution in [3.63, 3.8) is 0 Å². The molecule has 2 rings (SSSR count). The van der Waals surface area contributed by atoms with Crippen molar-refractivity contribution in [2.45, 2.75) is 26.2 Å². The number of hydrogen-bond donors (Lipinski definition) is 0. The zero-order valence-corrected chi connectivity index (χ0v) is 10.1. The van der Waals surface area contributed by atoms with Crippen LogP contribution in [0.25, 0.3) is 0 Å². The first-order valence-electron chi connectivity index (χ1n) is 5.25. The van der Waals surface area contributed by atoms with Crippen LogP contribution in [0, 0.1) is 5.82 Å². The highest BCUT2D eigenvalue weighted by Crippen LogP contribution is 2.41. The Kier molecular flexibility index (Phi) is 2.22. The van der Waals surface area contributed by atoms with Gasteiger partial charge in [0.25, 0.3) is 0 Å². The minimum atomic E-state index is -0.227. The molecule has 16 heavy (non-hydrogen) atoms. The number of hydrogen-bond acceptors (Lipinski definition) is 2. The van der Waals surface area contributed by atoms with Crippen LogP contribution >= 0.6 is 0 Å². The zero-order chi connectivity index (χ0) is 12.1. The Morgan fingerprint density at radius 1 is 1.31 bits per heavy atom. The lowest BCUT2D eigenvalue weighted by Crippen LogP contribution is -2.15. The molecule has 0 aromatic heterocycles. The molecule has 2 nitrogen and oxygen atoms in total. The van der Waals surface area contributed by atoms with Crippen molar-refractivity contribution in [1.29, 1.82) is 0 Å². The lowest BCUT2D eigenvalue weighted by Gasteiger charge is -2.21. The van der Waals surface area contributed by atoms with Crippen molar-refractivity contribution in [1.82, 2.24) is 0 Å². The van der Waals surface area contributed by atoms with Gasteiger partial charge in [0.2, 0.25) is 0 Å². The molecule has 0 amide bonds. The molecule has 3 heteroatoms. The predicted octanol–water partition coefficient (Wildman–Crippen LogP) is 3.42. The number of benzene rings is 1. The maximum absolute atomic E-state index is 13.9. The van der Waals surface area contributed by atoms with Crippen LogP contribution in [0.4, 0.5) is 10.1 Å². The molecule has 0 saturated carbocycles. The molecular formula is C13H16FNO. The van der Waals surface area contributed by atoms with Crippen LogP contribution in [-0.4, -0.2) is 7.05 Å². The Labute approximate surface area is 95.3 Å². The van der Waals surface area contributed by atoms with Crippen molar-refractivity contribution in [2.75, 3.05) is 11.9 Å². The van der Waals surface area contributed by atoms with Gasteiger partial charge in [0.15, 0.2) is 11.6 Å². The molecule has 0 unspecified atom stereocenters. The summed E-state index contributed by atoms with van der Waals surface area (Å²) < 4.78 is 19.2. The number of halogens is 1. The SMILES string of the molecule is C=C1Oc2cc(F)c(C(C)(C)C)cc2N1C. The molecule has 0 saturated heterocycles. The number of fused-ring (bicyclic) bond motifs is 1. The largest absolute Gasteiger partial charge is 0.439 e. The quantitative estimate of drug-likeness (QED) is 0.665. The van der Waals surface area contributed by atoms with Gasteiger partial charge in [-0.05, 0) is 23.6 Å². The Morgan fingerprint density at radius 2 is 1.94 bits per heavy atom. The van der Waals surface area contributed by atoms with E-state index in [1.807, 2.05) is 38.8 Å². The monoisotopic (exact) mass is 221 g/mol. The summed E-state index contributed by atoms with van der Waals surface area (Å²) in [5.74, 6) is 0.841. The van der Waals surface area contributed by atoms with Crippen molar-refractivity contribution >= 4 is 5.69 Å². The minimum Gasteiger partial charge on any atom is -0.439 e. The van der Waals surface area contributed by atoms with Crippen LogP contribution < -0.4 is 9.64 Å². The highest BCUT2D eigenvalue weighted by atomic mass is 19.1. The van der Waals surface area contributed by atoms with Gasteiger partial charge in [-0.15, -0.1) is 0 Å². The molecule has 0 radical (unpaired) electrons. The Morgan fingerprint density at radius 3 is 2.50 bits per heavy atom. The fourth-order valence-electron chi connectivity index (χ4n) is 1.79. The average Bonchev–Trinajstić information content (AvgIpc) is 2.39. The fraction of sp³-hybridized carbons (Fsp3) is 0.385. The summed E-state index contributed by atoms with van der Waals surface area (Å²) in [4.78, 5) is 1.82. The topological polar surface area (TPSA) is 12.5 Å². The summed E-state index contributed by atoms with van der Waals surface area (Å²) in [7, 11) is 1.86. The molecular weight excluding hydrogens is 205 g/mol. The van der Waals surface area contributed by atoms with Gasteiger partial charge in [-0.2, -0.15) is 0 Å². The number of rotatable bonds is 0. The Hall–Kier alpha value is -1.51. The summed E-state index contributed by atoms with van der Waals surface area (Å²) in [5, 5.41) is 0.